The highest BCUT2D eigenvalue weighted by atomic mass is 79.9. The van der Waals surface area contributed by atoms with Gasteiger partial charge < -0.3 is 5.11 Å². The molecule has 3 aromatic rings. The van der Waals surface area contributed by atoms with Gasteiger partial charge in [-0.1, -0.05) is 35.0 Å². The molecule has 3 heterocycles. The van der Waals surface area contributed by atoms with Crippen molar-refractivity contribution in [2.24, 2.45) is 0 Å². The van der Waals surface area contributed by atoms with Crippen LogP contribution < -0.4 is 0 Å². The van der Waals surface area contributed by atoms with Crippen LogP contribution in [0, 0.1) is 0 Å². The van der Waals surface area contributed by atoms with Crippen LogP contribution in [0.1, 0.15) is 55.8 Å². The van der Waals surface area contributed by atoms with Crippen LogP contribution in [0.25, 0.3) is 5.69 Å². The number of nitrogens with zero attached hydrogens (tertiary/aromatic N) is 6. The average molecular weight is 445 g/mol. The van der Waals surface area contributed by atoms with Crippen molar-refractivity contribution in [1.82, 2.24) is 29.7 Å². The molecule has 1 aliphatic rings. The quantitative estimate of drug-likeness (QED) is 0.629. The van der Waals surface area contributed by atoms with Crippen LogP contribution in [0.15, 0.2) is 41.1 Å². The van der Waals surface area contributed by atoms with Gasteiger partial charge in [0, 0.05) is 35.9 Å². The number of aliphatic hydroxyl groups is 1. The minimum Gasteiger partial charge on any atom is -0.387 e. The fourth-order valence-electron chi connectivity index (χ4n) is 3.50. The summed E-state index contributed by atoms with van der Waals surface area (Å²) in [5.41, 5.74) is 4.09. The van der Waals surface area contributed by atoms with Crippen molar-refractivity contribution in [2.75, 3.05) is 13.1 Å². The fourth-order valence-corrected chi connectivity index (χ4v) is 3.76. The predicted octanol–water partition coefficient (Wildman–Crippen LogP) is 3.46. The molecular formula is C20H25BrN6O. The van der Waals surface area contributed by atoms with E-state index in [4.69, 9.17) is 5.10 Å². The Labute approximate surface area is 173 Å². The first-order valence-electron chi connectivity index (χ1n) is 9.57. The van der Waals surface area contributed by atoms with Gasteiger partial charge in [-0.15, -0.1) is 5.10 Å². The maximum atomic E-state index is 9.61. The molecule has 1 atom stereocenters. The lowest BCUT2D eigenvalue weighted by atomic mass is 10.0. The Kier molecular flexibility index (Phi) is 5.35. The summed E-state index contributed by atoms with van der Waals surface area (Å²) in [5, 5.41) is 22.6. The molecule has 0 saturated carbocycles. The Bertz CT molecular complexity index is 940. The molecule has 0 bridgehead atoms. The summed E-state index contributed by atoms with van der Waals surface area (Å²) in [6.07, 6.45) is 3.41. The monoisotopic (exact) mass is 444 g/mol. The maximum absolute atomic E-state index is 9.61. The number of aliphatic hydroxyl groups excluding tert-OH is 1. The number of hydrogen-bond donors (Lipinski definition) is 1. The van der Waals surface area contributed by atoms with E-state index >= 15 is 0 Å². The SMILES string of the molecule is CC(C)c1nn(-c2ccc(Br)cc2)cc1CN1CC(n2cc(C(C)O)nn2)C1. The van der Waals surface area contributed by atoms with E-state index in [1.165, 1.54) is 5.56 Å². The smallest absolute Gasteiger partial charge is 0.111 e. The minimum atomic E-state index is -0.581. The zero-order chi connectivity index (χ0) is 19.8. The van der Waals surface area contributed by atoms with Crippen molar-refractivity contribution < 1.29 is 5.11 Å². The van der Waals surface area contributed by atoms with E-state index in [9.17, 15) is 5.11 Å². The normalized spacial score (nSPS) is 16.5. The van der Waals surface area contributed by atoms with Crippen molar-refractivity contribution in [3.05, 3.63) is 58.1 Å². The van der Waals surface area contributed by atoms with Crippen molar-refractivity contribution >= 4 is 15.9 Å². The summed E-state index contributed by atoms with van der Waals surface area (Å²) in [5.74, 6) is 0.368. The van der Waals surface area contributed by atoms with Crippen LogP contribution in [-0.2, 0) is 6.54 Å². The molecule has 28 heavy (non-hydrogen) atoms. The van der Waals surface area contributed by atoms with E-state index in [2.05, 4.69) is 63.3 Å². The molecule has 1 N–H and O–H groups in total. The number of hydrogen-bond acceptors (Lipinski definition) is 5. The Hall–Kier alpha value is -2.03. The third-order valence-electron chi connectivity index (χ3n) is 5.12. The third kappa shape index (κ3) is 3.90. The number of benzene rings is 1. The highest BCUT2D eigenvalue weighted by molar-refractivity contribution is 9.10. The summed E-state index contributed by atoms with van der Waals surface area (Å²) in [4.78, 5) is 2.39. The number of rotatable bonds is 6. The van der Waals surface area contributed by atoms with Gasteiger partial charge in [-0.25, -0.2) is 9.36 Å². The second kappa shape index (κ2) is 7.77. The molecule has 148 valence electrons. The van der Waals surface area contributed by atoms with E-state index in [0.29, 0.717) is 17.7 Å². The molecule has 1 aromatic carbocycles. The van der Waals surface area contributed by atoms with Crippen molar-refractivity contribution in [3.8, 4) is 5.69 Å². The lowest BCUT2D eigenvalue weighted by Crippen LogP contribution is -2.47. The molecule has 0 radical (unpaired) electrons. The van der Waals surface area contributed by atoms with Crippen LogP contribution in [0.3, 0.4) is 0 Å². The maximum Gasteiger partial charge on any atom is 0.111 e. The van der Waals surface area contributed by atoms with Crippen LogP contribution in [-0.4, -0.2) is 47.9 Å². The van der Waals surface area contributed by atoms with Gasteiger partial charge in [0.05, 0.1) is 29.7 Å². The summed E-state index contributed by atoms with van der Waals surface area (Å²) >= 11 is 3.48. The first kappa shape index (κ1) is 19.3. The Balaban J connectivity index is 1.45. The number of halogens is 1. The molecule has 1 fully saturated rings. The van der Waals surface area contributed by atoms with E-state index < -0.39 is 6.10 Å². The van der Waals surface area contributed by atoms with Crippen LogP contribution in [0.2, 0.25) is 0 Å². The molecule has 0 amide bonds. The second-order valence-electron chi connectivity index (χ2n) is 7.76. The van der Waals surface area contributed by atoms with Gasteiger partial charge in [0.2, 0.25) is 0 Å². The van der Waals surface area contributed by atoms with E-state index in [0.717, 1.165) is 35.5 Å². The molecular weight excluding hydrogens is 420 g/mol. The zero-order valence-corrected chi connectivity index (χ0v) is 17.9. The average Bonchev–Trinajstić information content (AvgIpc) is 3.25. The zero-order valence-electron chi connectivity index (χ0n) is 16.3. The van der Waals surface area contributed by atoms with Gasteiger partial charge in [-0.05, 0) is 37.1 Å². The van der Waals surface area contributed by atoms with Crippen molar-refractivity contribution in [3.63, 3.8) is 0 Å². The van der Waals surface area contributed by atoms with Gasteiger partial charge in [0.25, 0.3) is 0 Å². The summed E-state index contributed by atoms with van der Waals surface area (Å²) < 4.78 is 4.90. The topological polar surface area (TPSA) is 72.0 Å². The molecule has 0 aliphatic carbocycles. The molecule has 2 aromatic heterocycles. The Morgan fingerprint density at radius 3 is 2.46 bits per heavy atom. The van der Waals surface area contributed by atoms with Crippen LogP contribution in [0.4, 0.5) is 0 Å². The van der Waals surface area contributed by atoms with Crippen LogP contribution in [0.5, 0.6) is 0 Å². The van der Waals surface area contributed by atoms with Crippen LogP contribution >= 0.6 is 15.9 Å². The molecule has 1 unspecified atom stereocenters. The summed E-state index contributed by atoms with van der Waals surface area (Å²) in [7, 11) is 0. The standard InChI is InChI=1S/C20H25BrN6O/c1-13(2)20-15(9-26(23-20)17-6-4-16(21)5-7-17)8-25-10-18(11-25)27-12-19(14(3)28)22-24-27/h4-7,9,12-14,18,28H,8,10-11H2,1-3H3. The molecule has 7 nitrogen and oxygen atoms in total. The fraction of sp³-hybridized carbons (Fsp3) is 0.450. The lowest BCUT2D eigenvalue weighted by Gasteiger charge is -2.38. The first-order chi connectivity index (χ1) is 13.4. The molecule has 0 spiro atoms. The van der Waals surface area contributed by atoms with E-state index in [-0.39, 0.29) is 0 Å². The highest BCUT2D eigenvalue weighted by Crippen LogP contribution is 2.27. The van der Waals surface area contributed by atoms with E-state index in [1.54, 1.807) is 6.92 Å². The van der Waals surface area contributed by atoms with Crippen molar-refractivity contribution in [2.45, 2.75) is 45.4 Å². The van der Waals surface area contributed by atoms with Gasteiger partial charge in [-0.2, -0.15) is 5.10 Å². The predicted molar refractivity (Wildman–Crippen MR) is 110 cm³/mol. The molecule has 1 saturated heterocycles. The van der Waals surface area contributed by atoms with Gasteiger partial charge in [0.1, 0.15) is 5.69 Å². The highest BCUT2D eigenvalue weighted by Gasteiger charge is 2.30. The third-order valence-corrected chi connectivity index (χ3v) is 5.65. The minimum absolute atomic E-state index is 0.309. The first-order valence-corrected chi connectivity index (χ1v) is 10.4. The molecule has 1 aliphatic heterocycles. The Morgan fingerprint density at radius 2 is 1.86 bits per heavy atom. The van der Waals surface area contributed by atoms with Gasteiger partial charge in [-0.3, -0.25) is 4.90 Å². The lowest BCUT2D eigenvalue weighted by molar-refractivity contribution is 0.0892. The summed E-state index contributed by atoms with van der Waals surface area (Å²) in [6.45, 7) is 8.79. The molecule has 8 heteroatoms. The number of likely N-dealkylation sites (tertiary alicyclic amines) is 1. The van der Waals surface area contributed by atoms with E-state index in [1.807, 2.05) is 27.7 Å². The molecule has 4 rings (SSSR count). The summed E-state index contributed by atoms with van der Waals surface area (Å²) in [6, 6.07) is 8.50. The largest absolute Gasteiger partial charge is 0.387 e. The number of aromatic nitrogens is 5. The van der Waals surface area contributed by atoms with Crippen molar-refractivity contribution in [1.29, 1.82) is 0 Å². The second-order valence-corrected chi connectivity index (χ2v) is 8.68. The Morgan fingerprint density at radius 1 is 1.14 bits per heavy atom. The van der Waals surface area contributed by atoms with Gasteiger partial charge in [0.15, 0.2) is 0 Å². The van der Waals surface area contributed by atoms with Gasteiger partial charge >= 0.3 is 0 Å².